The summed E-state index contributed by atoms with van der Waals surface area (Å²) in [5, 5.41) is 6.57. The van der Waals surface area contributed by atoms with Gasteiger partial charge in [-0.2, -0.15) is 0 Å². The maximum atomic E-state index is 12.8. The first-order valence-corrected chi connectivity index (χ1v) is 10.3. The number of rotatable bonds is 4. The first-order chi connectivity index (χ1) is 12.8. The van der Waals surface area contributed by atoms with E-state index in [4.69, 9.17) is 4.74 Å². The number of hydrogen-bond acceptors (Lipinski definition) is 4. The second-order valence-corrected chi connectivity index (χ2v) is 8.98. The molecule has 2 saturated heterocycles. The van der Waals surface area contributed by atoms with E-state index in [1.54, 1.807) is 7.11 Å². The third kappa shape index (κ3) is 4.64. The predicted octanol–water partition coefficient (Wildman–Crippen LogP) is 2.84. The van der Waals surface area contributed by atoms with E-state index in [9.17, 15) is 4.79 Å². The number of nitrogens with one attached hydrogen (secondary N) is 2. The number of anilines is 1. The number of carbonyl (C=O) groups is 1. The van der Waals surface area contributed by atoms with Crippen LogP contribution in [0.1, 0.15) is 52.0 Å². The van der Waals surface area contributed by atoms with Crippen molar-refractivity contribution in [1.82, 2.24) is 10.6 Å². The fraction of sp³-hybridized carbons (Fsp3) is 0.682. The van der Waals surface area contributed by atoms with Crippen LogP contribution in [0.25, 0.3) is 0 Å². The Bertz CT molecular complexity index is 622. The SMILES string of the molecule is COC1(C(=O)NC2CCN(c3ccc(C(C)(C)C)cc3)CC2)CCNCC1. The average molecular weight is 374 g/mol. The minimum absolute atomic E-state index is 0.0690. The van der Waals surface area contributed by atoms with E-state index in [2.05, 4.69) is 60.6 Å². The Labute approximate surface area is 163 Å². The van der Waals surface area contributed by atoms with Gasteiger partial charge in [-0.3, -0.25) is 4.79 Å². The Morgan fingerprint density at radius 2 is 1.74 bits per heavy atom. The molecule has 0 spiro atoms. The third-order valence-corrected chi connectivity index (χ3v) is 6.14. The van der Waals surface area contributed by atoms with Gasteiger partial charge < -0.3 is 20.3 Å². The van der Waals surface area contributed by atoms with Crippen LogP contribution >= 0.6 is 0 Å². The minimum Gasteiger partial charge on any atom is -0.371 e. The molecular weight excluding hydrogens is 338 g/mol. The van der Waals surface area contributed by atoms with Gasteiger partial charge in [0.25, 0.3) is 5.91 Å². The van der Waals surface area contributed by atoms with Crippen LogP contribution in [0.3, 0.4) is 0 Å². The van der Waals surface area contributed by atoms with Crippen molar-refractivity contribution in [2.24, 2.45) is 0 Å². The molecule has 0 aromatic heterocycles. The summed E-state index contributed by atoms with van der Waals surface area (Å²) in [7, 11) is 1.66. The molecule has 2 aliphatic heterocycles. The quantitative estimate of drug-likeness (QED) is 0.852. The summed E-state index contributed by atoms with van der Waals surface area (Å²) in [6.07, 6.45) is 3.44. The van der Waals surface area contributed by atoms with E-state index in [1.807, 2.05) is 0 Å². The molecule has 0 radical (unpaired) electrons. The van der Waals surface area contributed by atoms with Crippen molar-refractivity contribution in [2.75, 3.05) is 38.2 Å². The molecule has 0 saturated carbocycles. The normalized spacial score (nSPS) is 21.1. The zero-order valence-electron chi connectivity index (χ0n) is 17.3. The molecule has 0 atom stereocenters. The molecule has 5 nitrogen and oxygen atoms in total. The summed E-state index contributed by atoms with van der Waals surface area (Å²) in [5.74, 6) is 0.0690. The summed E-state index contributed by atoms with van der Waals surface area (Å²) < 4.78 is 5.65. The van der Waals surface area contributed by atoms with Crippen LogP contribution < -0.4 is 15.5 Å². The van der Waals surface area contributed by atoms with Crippen molar-refractivity contribution in [1.29, 1.82) is 0 Å². The summed E-state index contributed by atoms with van der Waals surface area (Å²) in [5.41, 5.74) is 2.17. The van der Waals surface area contributed by atoms with Gasteiger partial charge in [0, 0.05) is 31.9 Å². The first kappa shape index (κ1) is 20.2. The molecule has 150 valence electrons. The van der Waals surface area contributed by atoms with Crippen molar-refractivity contribution >= 4 is 11.6 Å². The molecule has 1 aromatic carbocycles. The van der Waals surface area contributed by atoms with Gasteiger partial charge in [0.2, 0.25) is 0 Å². The molecule has 0 unspecified atom stereocenters. The number of methoxy groups -OCH3 is 1. The highest BCUT2D eigenvalue weighted by Gasteiger charge is 2.40. The number of carbonyl (C=O) groups excluding carboxylic acids is 1. The topological polar surface area (TPSA) is 53.6 Å². The van der Waals surface area contributed by atoms with Crippen molar-refractivity contribution in [3.05, 3.63) is 29.8 Å². The number of benzene rings is 1. The highest BCUT2D eigenvalue weighted by Crippen LogP contribution is 2.27. The maximum Gasteiger partial charge on any atom is 0.252 e. The first-order valence-electron chi connectivity index (χ1n) is 10.3. The van der Waals surface area contributed by atoms with Gasteiger partial charge in [0.15, 0.2) is 0 Å². The summed E-state index contributed by atoms with van der Waals surface area (Å²) >= 11 is 0. The Balaban J connectivity index is 1.53. The fourth-order valence-electron chi connectivity index (χ4n) is 4.13. The lowest BCUT2D eigenvalue weighted by Crippen LogP contribution is -2.57. The zero-order valence-corrected chi connectivity index (χ0v) is 17.3. The van der Waals surface area contributed by atoms with Gasteiger partial charge in [-0.15, -0.1) is 0 Å². The van der Waals surface area contributed by atoms with Crippen molar-refractivity contribution in [2.45, 2.75) is 63.5 Å². The summed E-state index contributed by atoms with van der Waals surface area (Å²) in [4.78, 5) is 15.2. The highest BCUT2D eigenvalue weighted by atomic mass is 16.5. The molecule has 2 N–H and O–H groups in total. The minimum atomic E-state index is -0.648. The molecule has 1 aromatic rings. The smallest absolute Gasteiger partial charge is 0.252 e. The van der Waals surface area contributed by atoms with E-state index in [0.717, 1.165) is 51.9 Å². The number of nitrogens with zero attached hydrogens (tertiary/aromatic N) is 1. The molecule has 3 rings (SSSR count). The number of piperidine rings is 2. The monoisotopic (exact) mass is 373 g/mol. The van der Waals surface area contributed by atoms with Crippen LogP contribution in [0.4, 0.5) is 5.69 Å². The molecule has 1 amide bonds. The van der Waals surface area contributed by atoms with E-state index in [-0.39, 0.29) is 17.4 Å². The van der Waals surface area contributed by atoms with Gasteiger partial charge in [0.05, 0.1) is 0 Å². The lowest BCUT2D eigenvalue weighted by atomic mass is 9.87. The molecule has 27 heavy (non-hydrogen) atoms. The molecule has 2 fully saturated rings. The van der Waals surface area contributed by atoms with Gasteiger partial charge in [-0.25, -0.2) is 0 Å². The van der Waals surface area contributed by atoms with E-state index < -0.39 is 5.60 Å². The Hall–Kier alpha value is -1.59. The van der Waals surface area contributed by atoms with Crippen molar-refractivity contribution in [3.63, 3.8) is 0 Å². The maximum absolute atomic E-state index is 12.8. The Morgan fingerprint density at radius 1 is 1.15 bits per heavy atom. The fourth-order valence-corrected chi connectivity index (χ4v) is 4.13. The molecule has 2 aliphatic rings. The Kier molecular flexibility index (Phi) is 6.11. The van der Waals surface area contributed by atoms with Crippen LogP contribution in [-0.2, 0) is 14.9 Å². The second kappa shape index (κ2) is 8.19. The van der Waals surface area contributed by atoms with Gasteiger partial charge in [-0.1, -0.05) is 32.9 Å². The van der Waals surface area contributed by atoms with E-state index in [1.165, 1.54) is 11.3 Å². The Morgan fingerprint density at radius 3 is 2.26 bits per heavy atom. The average Bonchev–Trinajstić information content (AvgIpc) is 2.68. The van der Waals surface area contributed by atoms with Gasteiger partial charge >= 0.3 is 0 Å². The van der Waals surface area contributed by atoms with E-state index in [0.29, 0.717) is 0 Å². The van der Waals surface area contributed by atoms with Crippen LogP contribution in [-0.4, -0.2) is 50.8 Å². The second-order valence-electron chi connectivity index (χ2n) is 8.98. The van der Waals surface area contributed by atoms with E-state index >= 15 is 0 Å². The van der Waals surface area contributed by atoms with Crippen molar-refractivity contribution < 1.29 is 9.53 Å². The number of amides is 1. The standard InChI is InChI=1S/C22H35N3O2/c1-21(2,3)17-5-7-19(8-6-17)25-15-9-18(10-16-25)24-20(26)22(27-4)11-13-23-14-12-22/h5-8,18,23H,9-16H2,1-4H3,(H,24,26). The third-order valence-electron chi connectivity index (χ3n) is 6.14. The number of ether oxygens (including phenoxy) is 1. The summed E-state index contributed by atoms with van der Waals surface area (Å²) in [6, 6.07) is 9.18. The lowest BCUT2D eigenvalue weighted by molar-refractivity contribution is -0.147. The van der Waals surface area contributed by atoms with Crippen LogP contribution in [0.5, 0.6) is 0 Å². The molecular formula is C22H35N3O2. The molecule has 0 bridgehead atoms. The van der Waals surface area contributed by atoms with Gasteiger partial charge in [0.1, 0.15) is 5.60 Å². The van der Waals surface area contributed by atoms with Crippen LogP contribution in [0.2, 0.25) is 0 Å². The van der Waals surface area contributed by atoms with Crippen molar-refractivity contribution in [3.8, 4) is 0 Å². The largest absolute Gasteiger partial charge is 0.371 e. The van der Waals surface area contributed by atoms with Crippen LogP contribution in [0.15, 0.2) is 24.3 Å². The van der Waals surface area contributed by atoms with Crippen LogP contribution in [0, 0.1) is 0 Å². The lowest BCUT2D eigenvalue weighted by Gasteiger charge is -2.38. The predicted molar refractivity (Wildman–Crippen MR) is 110 cm³/mol. The molecule has 5 heteroatoms. The number of hydrogen-bond donors (Lipinski definition) is 2. The highest BCUT2D eigenvalue weighted by molar-refractivity contribution is 5.85. The zero-order chi connectivity index (χ0) is 19.5. The summed E-state index contributed by atoms with van der Waals surface area (Å²) in [6.45, 7) is 10.3. The molecule has 0 aliphatic carbocycles. The van der Waals surface area contributed by atoms with Gasteiger partial charge in [-0.05, 0) is 61.9 Å². The molecule has 2 heterocycles.